The number of nitrogens with zero attached hydrogens (tertiary/aromatic N) is 2. The number of hydrogen-bond acceptors (Lipinski definition) is 2. The lowest BCUT2D eigenvalue weighted by Gasteiger charge is -2.09. The van der Waals surface area contributed by atoms with E-state index in [9.17, 15) is 0 Å². The molecule has 2 nitrogen and oxygen atoms in total. The predicted octanol–water partition coefficient (Wildman–Crippen LogP) is 8.42. The molecule has 2 aromatic heterocycles. The maximum absolute atomic E-state index is 5.10. The molecule has 0 aliphatic rings. The van der Waals surface area contributed by atoms with Gasteiger partial charge in [-0.1, -0.05) is 97.1 Å². The fourth-order valence-corrected chi connectivity index (χ4v) is 4.79. The van der Waals surface area contributed by atoms with E-state index in [2.05, 4.69) is 121 Å². The van der Waals surface area contributed by atoms with Crippen LogP contribution in [0, 0.1) is 0 Å². The van der Waals surface area contributed by atoms with Crippen molar-refractivity contribution in [1.29, 1.82) is 0 Å². The molecular weight excluding hydrogens is 412 g/mol. The number of rotatable bonds is 2. The summed E-state index contributed by atoms with van der Waals surface area (Å²) in [6.45, 7) is 0. The van der Waals surface area contributed by atoms with Crippen molar-refractivity contribution in [2.75, 3.05) is 0 Å². The largest absolute Gasteiger partial charge is 0.245 e. The monoisotopic (exact) mass is 432 g/mol. The number of pyridine rings is 2. The van der Waals surface area contributed by atoms with Crippen molar-refractivity contribution in [2.24, 2.45) is 0 Å². The van der Waals surface area contributed by atoms with Crippen molar-refractivity contribution < 1.29 is 0 Å². The summed E-state index contributed by atoms with van der Waals surface area (Å²) >= 11 is 0. The standard InChI is InChI=1S/C32H20N2/c1-3-7-25-19-27(13-9-21(25)5-1)29-17-15-23-11-12-24-16-18-30(34-32(24)31(23)33-29)28-14-10-22-6-2-4-8-26(22)20-28/h1-20H. The minimum atomic E-state index is 0.936. The average Bonchev–Trinajstić information content (AvgIpc) is 2.92. The van der Waals surface area contributed by atoms with Gasteiger partial charge in [-0.3, -0.25) is 0 Å². The van der Waals surface area contributed by atoms with Crippen LogP contribution in [0.1, 0.15) is 0 Å². The number of aromatic nitrogens is 2. The topological polar surface area (TPSA) is 25.8 Å². The van der Waals surface area contributed by atoms with Gasteiger partial charge in [0.05, 0.1) is 22.4 Å². The molecule has 0 saturated carbocycles. The zero-order valence-corrected chi connectivity index (χ0v) is 18.4. The summed E-state index contributed by atoms with van der Waals surface area (Å²) in [5.41, 5.74) is 6.02. The molecule has 0 N–H and O–H groups in total. The fourth-order valence-electron chi connectivity index (χ4n) is 4.79. The van der Waals surface area contributed by atoms with Gasteiger partial charge < -0.3 is 0 Å². The third-order valence-corrected chi connectivity index (χ3v) is 6.61. The molecule has 0 spiro atoms. The van der Waals surface area contributed by atoms with Gasteiger partial charge >= 0.3 is 0 Å². The molecule has 5 aromatic carbocycles. The molecule has 0 radical (unpaired) electrons. The summed E-state index contributed by atoms with van der Waals surface area (Å²) in [5.74, 6) is 0. The third-order valence-electron chi connectivity index (χ3n) is 6.61. The van der Waals surface area contributed by atoms with Gasteiger partial charge in [-0.2, -0.15) is 0 Å². The lowest BCUT2D eigenvalue weighted by Crippen LogP contribution is -1.91. The summed E-state index contributed by atoms with van der Waals surface area (Å²) in [6.07, 6.45) is 0. The number of fused-ring (bicyclic) bond motifs is 5. The SMILES string of the molecule is c1ccc2cc(-c3ccc4ccc5ccc(-c6ccc7ccccc7c6)nc5c4n3)ccc2c1. The average molecular weight is 433 g/mol. The van der Waals surface area contributed by atoms with E-state index in [-0.39, 0.29) is 0 Å². The maximum Gasteiger partial charge on any atom is 0.0972 e. The van der Waals surface area contributed by atoms with E-state index in [1.165, 1.54) is 21.5 Å². The van der Waals surface area contributed by atoms with Gasteiger partial charge in [0.2, 0.25) is 0 Å². The highest BCUT2D eigenvalue weighted by molar-refractivity contribution is 6.04. The number of hydrogen-bond donors (Lipinski definition) is 0. The predicted molar refractivity (Wildman–Crippen MR) is 143 cm³/mol. The van der Waals surface area contributed by atoms with Crippen molar-refractivity contribution in [2.45, 2.75) is 0 Å². The maximum atomic E-state index is 5.10. The van der Waals surface area contributed by atoms with Crippen LogP contribution in [-0.2, 0) is 0 Å². The Morgan fingerprint density at radius 1 is 0.324 bits per heavy atom. The van der Waals surface area contributed by atoms with Crippen LogP contribution in [0.15, 0.2) is 121 Å². The first-order valence-corrected chi connectivity index (χ1v) is 11.5. The number of benzene rings is 5. The van der Waals surface area contributed by atoms with Crippen LogP contribution in [0.25, 0.3) is 65.9 Å². The molecular formula is C32H20N2. The molecule has 0 aliphatic heterocycles. The molecule has 0 aliphatic carbocycles. The van der Waals surface area contributed by atoms with Gasteiger partial charge in [0, 0.05) is 21.9 Å². The minimum Gasteiger partial charge on any atom is -0.245 e. The van der Waals surface area contributed by atoms with E-state index in [1.807, 2.05) is 0 Å². The van der Waals surface area contributed by atoms with E-state index in [4.69, 9.17) is 9.97 Å². The van der Waals surface area contributed by atoms with E-state index in [0.29, 0.717) is 0 Å². The Hall–Kier alpha value is -4.56. The molecule has 7 aromatic rings. The summed E-state index contributed by atoms with van der Waals surface area (Å²) < 4.78 is 0. The zero-order valence-electron chi connectivity index (χ0n) is 18.4. The molecule has 34 heavy (non-hydrogen) atoms. The highest BCUT2D eigenvalue weighted by Gasteiger charge is 2.09. The summed E-state index contributed by atoms with van der Waals surface area (Å²) in [5, 5.41) is 7.10. The zero-order chi connectivity index (χ0) is 22.5. The normalized spacial score (nSPS) is 11.5. The first kappa shape index (κ1) is 19.0. The van der Waals surface area contributed by atoms with Crippen LogP contribution in [0.2, 0.25) is 0 Å². The first-order valence-electron chi connectivity index (χ1n) is 11.5. The van der Waals surface area contributed by atoms with Crippen molar-refractivity contribution in [3.63, 3.8) is 0 Å². The quantitative estimate of drug-likeness (QED) is 0.256. The Labute approximate surface area is 197 Å². The van der Waals surface area contributed by atoms with E-state index in [0.717, 1.165) is 44.3 Å². The van der Waals surface area contributed by atoms with Crippen LogP contribution < -0.4 is 0 Å². The van der Waals surface area contributed by atoms with Gasteiger partial charge in [-0.05, 0) is 45.8 Å². The second-order valence-electron chi connectivity index (χ2n) is 8.73. The molecule has 0 unspecified atom stereocenters. The third kappa shape index (κ3) is 3.12. The minimum absolute atomic E-state index is 0.936. The Morgan fingerprint density at radius 3 is 1.18 bits per heavy atom. The Bertz CT molecular complexity index is 1730. The second kappa shape index (κ2) is 7.50. The summed E-state index contributed by atoms with van der Waals surface area (Å²) in [6, 6.07) is 42.7. The van der Waals surface area contributed by atoms with E-state index < -0.39 is 0 Å². The molecule has 2 heterocycles. The first-order chi connectivity index (χ1) is 16.8. The van der Waals surface area contributed by atoms with Crippen LogP contribution >= 0.6 is 0 Å². The Morgan fingerprint density at radius 2 is 0.706 bits per heavy atom. The van der Waals surface area contributed by atoms with Gasteiger partial charge in [-0.25, -0.2) is 9.97 Å². The molecule has 0 atom stereocenters. The lowest BCUT2D eigenvalue weighted by atomic mass is 10.0. The van der Waals surface area contributed by atoms with Crippen LogP contribution in [0.4, 0.5) is 0 Å². The van der Waals surface area contributed by atoms with E-state index >= 15 is 0 Å². The molecule has 158 valence electrons. The molecule has 7 rings (SSSR count). The van der Waals surface area contributed by atoms with Gasteiger partial charge in [0.25, 0.3) is 0 Å². The van der Waals surface area contributed by atoms with Crippen LogP contribution in [0.5, 0.6) is 0 Å². The van der Waals surface area contributed by atoms with Crippen molar-refractivity contribution in [3.05, 3.63) is 121 Å². The highest BCUT2D eigenvalue weighted by Crippen LogP contribution is 2.30. The molecule has 0 fully saturated rings. The van der Waals surface area contributed by atoms with Crippen molar-refractivity contribution in [3.8, 4) is 22.5 Å². The molecule has 2 heteroatoms. The molecule has 0 bridgehead atoms. The smallest absolute Gasteiger partial charge is 0.0972 e. The molecule has 0 amide bonds. The highest BCUT2D eigenvalue weighted by atomic mass is 14.8. The van der Waals surface area contributed by atoms with Crippen molar-refractivity contribution >= 4 is 43.4 Å². The molecule has 0 saturated heterocycles. The van der Waals surface area contributed by atoms with E-state index in [1.54, 1.807) is 0 Å². The van der Waals surface area contributed by atoms with Crippen LogP contribution in [0.3, 0.4) is 0 Å². The fraction of sp³-hybridized carbons (Fsp3) is 0. The van der Waals surface area contributed by atoms with Crippen molar-refractivity contribution in [1.82, 2.24) is 9.97 Å². The Kier molecular flexibility index (Phi) is 4.18. The lowest BCUT2D eigenvalue weighted by molar-refractivity contribution is 1.37. The Balaban J connectivity index is 1.41. The second-order valence-corrected chi connectivity index (χ2v) is 8.73. The summed E-state index contributed by atoms with van der Waals surface area (Å²) in [7, 11) is 0. The van der Waals surface area contributed by atoms with Gasteiger partial charge in [0.1, 0.15) is 0 Å². The van der Waals surface area contributed by atoms with Gasteiger partial charge in [0.15, 0.2) is 0 Å². The summed E-state index contributed by atoms with van der Waals surface area (Å²) in [4.78, 5) is 10.2. The van der Waals surface area contributed by atoms with Crippen LogP contribution in [-0.4, -0.2) is 9.97 Å². The van der Waals surface area contributed by atoms with Gasteiger partial charge in [-0.15, -0.1) is 0 Å².